The first-order chi connectivity index (χ1) is 8.61. The van der Waals surface area contributed by atoms with Gasteiger partial charge in [0.2, 0.25) is 5.91 Å². The van der Waals surface area contributed by atoms with Gasteiger partial charge in [0.25, 0.3) is 0 Å². The molecule has 1 fully saturated rings. The predicted molar refractivity (Wildman–Crippen MR) is 79.4 cm³/mol. The molecule has 1 rings (SSSR count). The largest absolute Gasteiger partial charge is 0.393 e. The van der Waals surface area contributed by atoms with E-state index in [0.717, 1.165) is 18.8 Å². The molecule has 1 atom stereocenters. The molecule has 0 aromatic carbocycles. The number of carbonyl (C=O) groups is 1. The van der Waals surface area contributed by atoms with E-state index in [4.69, 9.17) is 18.0 Å². The number of rotatable bonds is 7. The van der Waals surface area contributed by atoms with Gasteiger partial charge in [0, 0.05) is 18.9 Å². The molecule has 3 N–H and O–H groups in total. The second-order valence-electron chi connectivity index (χ2n) is 5.39. The Morgan fingerprint density at radius 1 is 1.39 bits per heavy atom. The van der Waals surface area contributed by atoms with E-state index < -0.39 is 0 Å². The van der Waals surface area contributed by atoms with Crippen molar-refractivity contribution in [2.75, 3.05) is 0 Å². The molecule has 0 aliphatic heterocycles. The Kier molecular flexibility index (Phi) is 7.25. The maximum Gasteiger partial charge on any atom is 0.220 e. The highest BCUT2D eigenvalue weighted by atomic mass is 32.1. The van der Waals surface area contributed by atoms with Crippen molar-refractivity contribution in [3.05, 3.63) is 0 Å². The summed E-state index contributed by atoms with van der Waals surface area (Å²) in [6, 6.07) is 0.112. The van der Waals surface area contributed by atoms with Crippen LogP contribution >= 0.6 is 12.2 Å². The average Bonchev–Trinajstić information content (AvgIpc) is 2.36. The molecule has 0 aromatic heterocycles. The summed E-state index contributed by atoms with van der Waals surface area (Å²) in [4.78, 5) is 12.3. The maximum atomic E-state index is 11.8. The summed E-state index contributed by atoms with van der Waals surface area (Å²) < 4.78 is 0. The third-order valence-corrected chi connectivity index (χ3v) is 3.98. The van der Waals surface area contributed by atoms with Crippen molar-refractivity contribution in [2.45, 2.75) is 70.8 Å². The van der Waals surface area contributed by atoms with Crippen LogP contribution in [0.4, 0.5) is 0 Å². The molecule has 104 valence electrons. The van der Waals surface area contributed by atoms with Gasteiger partial charge in [-0.15, -0.1) is 0 Å². The van der Waals surface area contributed by atoms with Crippen molar-refractivity contribution in [1.29, 1.82) is 0 Å². The summed E-state index contributed by atoms with van der Waals surface area (Å²) in [6.45, 7) is 2.05. The van der Waals surface area contributed by atoms with Gasteiger partial charge >= 0.3 is 0 Å². The average molecular weight is 270 g/mol. The highest BCUT2D eigenvalue weighted by Gasteiger charge is 2.16. The Hall–Kier alpha value is -0.640. The summed E-state index contributed by atoms with van der Waals surface area (Å²) in [5.41, 5.74) is 5.52. The zero-order valence-corrected chi connectivity index (χ0v) is 12.2. The summed E-state index contributed by atoms with van der Waals surface area (Å²) >= 11 is 4.88. The van der Waals surface area contributed by atoms with E-state index in [2.05, 4.69) is 5.32 Å². The van der Waals surface area contributed by atoms with Crippen LogP contribution in [0.3, 0.4) is 0 Å². The molecule has 0 bridgehead atoms. The fourth-order valence-electron chi connectivity index (χ4n) is 2.65. The molecule has 4 heteroatoms. The molecule has 0 aromatic rings. The van der Waals surface area contributed by atoms with Gasteiger partial charge < -0.3 is 11.1 Å². The molecule has 3 nitrogen and oxygen atoms in total. The second-order valence-corrected chi connectivity index (χ2v) is 5.91. The fraction of sp³-hybridized carbons (Fsp3) is 0.857. The first-order valence-electron chi connectivity index (χ1n) is 7.19. The molecule has 0 saturated heterocycles. The van der Waals surface area contributed by atoms with Crippen LogP contribution in [0.5, 0.6) is 0 Å². The normalized spacial score (nSPS) is 18.3. The van der Waals surface area contributed by atoms with E-state index in [1.165, 1.54) is 32.1 Å². The minimum Gasteiger partial charge on any atom is -0.393 e. The number of hydrogen-bond donors (Lipinski definition) is 2. The fourth-order valence-corrected chi connectivity index (χ4v) is 2.85. The van der Waals surface area contributed by atoms with Crippen LogP contribution < -0.4 is 11.1 Å². The van der Waals surface area contributed by atoms with Crippen LogP contribution in [0.15, 0.2) is 0 Å². The van der Waals surface area contributed by atoms with E-state index in [1.54, 1.807) is 0 Å². The smallest absolute Gasteiger partial charge is 0.220 e. The van der Waals surface area contributed by atoms with Gasteiger partial charge in [-0.1, -0.05) is 51.2 Å². The molecule has 18 heavy (non-hydrogen) atoms. The Balaban J connectivity index is 2.20. The van der Waals surface area contributed by atoms with E-state index in [1.807, 2.05) is 6.92 Å². The van der Waals surface area contributed by atoms with Crippen LogP contribution in [0.25, 0.3) is 0 Å². The minimum atomic E-state index is 0.112. The minimum absolute atomic E-state index is 0.112. The molecule has 0 radical (unpaired) electrons. The van der Waals surface area contributed by atoms with E-state index in [0.29, 0.717) is 17.8 Å². The molecule has 0 heterocycles. The van der Waals surface area contributed by atoms with Crippen LogP contribution in [-0.2, 0) is 4.79 Å². The van der Waals surface area contributed by atoms with Gasteiger partial charge in [-0.3, -0.25) is 4.79 Å². The number of nitrogens with one attached hydrogen (secondary N) is 1. The molecule has 0 spiro atoms. The molecular formula is C14H26N2OS. The number of amides is 1. The standard InChI is InChI=1S/C14H26N2OS/c1-2-12(10-13(15)18)16-14(17)9-8-11-6-4-3-5-7-11/h11-12H,2-10H2,1H3,(H2,15,18)(H,16,17). The number of hydrogen-bond acceptors (Lipinski definition) is 2. The highest BCUT2D eigenvalue weighted by molar-refractivity contribution is 7.80. The van der Waals surface area contributed by atoms with Gasteiger partial charge in [-0.25, -0.2) is 0 Å². The van der Waals surface area contributed by atoms with Crippen molar-refractivity contribution < 1.29 is 4.79 Å². The zero-order chi connectivity index (χ0) is 13.4. The van der Waals surface area contributed by atoms with E-state index in [-0.39, 0.29) is 11.9 Å². The molecule has 1 unspecified atom stereocenters. The van der Waals surface area contributed by atoms with Gasteiger partial charge in [-0.05, 0) is 18.8 Å². The lowest BCUT2D eigenvalue weighted by molar-refractivity contribution is -0.122. The van der Waals surface area contributed by atoms with Crippen LogP contribution in [0.1, 0.15) is 64.7 Å². The quantitative estimate of drug-likeness (QED) is 0.699. The Morgan fingerprint density at radius 3 is 2.61 bits per heavy atom. The van der Waals surface area contributed by atoms with E-state index >= 15 is 0 Å². The number of thiocarbonyl (C=S) groups is 1. The molecular weight excluding hydrogens is 244 g/mol. The molecule has 1 aliphatic carbocycles. The van der Waals surface area contributed by atoms with Crippen molar-refractivity contribution in [1.82, 2.24) is 5.32 Å². The summed E-state index contributed by atoms with van der Waals surface area (Å²) in [6.07, 6.45) is 9.83. The lowest BCUT2D eigenvalue weighted by atomic mass is 9.86. The van der Waals surface area contributed by atoms with Crippen molar-refractivity contribution in [3.63, 3.8) is 0 Å². The lowest BCUT2D eigenvalue weighted by Gasteiger charge is -2.22. The van der Waals surface area contributed by atoms with Crippen molar-refractivity contribution in [2.24, 2.45) is 11.7 Å². The van der Waals surface area contributed by atoms with Gasteiger partial charge in [0.15, 0.2) is 0 Å². The lowest BCUT2D eigenvalue weighted by Crippen LogP contribution is -2.37. The molecule has 1 saturated carbocycles. The number of nitrogens with two attached hydrogens (primary N) is 1. The van der Waals surface area contributed by atoms with Gasteiger partial charge in [-0.2, -0.15) is 0 Å². The summed E-state index contributed by atoms with van der Waals surface area (Å²) in [7, 11) is 0. The topological polar surface area (TPSA) is 55.1 Å². The summed E-state index contributed by atoms with van der Waals surface area (Å²) in [5, 5.41) is 3.03. The maximum absolute atomic E-state index is 11.8. The zero-order valence-electron chi connectivity index (χ0n) is 11.4. The van der Waals surface area contributed by atoms with Crippen LogP contribution in [0.2, 0.25) is 0 Å². The Labute approximate surface area is 116 Å². The third-order valence-electron chi connectivity index (χ3n) is 3.81. The predicted octanol–water partition coefficient (Wildman–Crippen LogP) is 2.92. The molecule has 1 aliphatic rings. The Bertz CT molecular complexity index is 275. The van der Waals surface area contributed by atoms with Crippen LogP contribution in [0, 0.1) is 5.92 Å². The summed E-state index contributed by atoms with van der Waals surface area (Å²) in [5.74, 6) is 0.920. The molecule has 1 amide bonds. The first-order valence-corrected chi connectivity index (χ1v) is 7.60. The SMILES string of the molecule is CCC(CC(N)=S)NC(=O)CCC1CCCCC1. The number of carbonyl (C=O) groups excluding carboxylic acids is 1. The van der Waals surface area contributed by atoms with Gasteiger partial charge in [0.05, 0.1) is 4.99 Å². The Morgan fingerprint density at radius 2 is 2.06 bits per heavy atom. The monoisotopic (exact) mass is 270 g/mol. The second kappa shape index (κ2) is 8.46. The third kappa shape index (κ3) is 6.34. The van der Waals surface area contributed by atoms with E-state index in [9.17, 15) is 4.79 Å². The highest BCUT2D eigenvalue weighted by Crippen LogP contribution is 2.27. The van der Waals surface area contributed by atoms with Crippen LogP contribution in [-0.4, -0.2) is 16.9 Å². The van der Waals surface area contributed by atoms with Crippen molar-refractivity contribution in [3.8, 4) is 0 Å². The van der Waals surface area contributed by atoms with Crippen molar-refractivity contribution >= 4 is 23.1 Å². The van der Waals surface area contributed by atoms with Gasteiger partial charge in [0.1, 0.15) is 0 Å². The first kappa shape index (κ1) is 15.4.